The Bertz CT molecular complexity index is 248. The zero-order chi connectivity index (χ0) is 12.0. The summed E-state index contributed by atoms with van der Waals surface area (Å²) in [5.74, 6) is -0.537. The number of piperazine rings is 1. The molecule has 0 bridgehead atoms. The van der Waals surface area contributed by atoms with Gasteiger partial charge in [-0.1, -0.05) is 6.92 Å². The van der Waals surface area contributed by atoms with E-state index in [4.69, 9.17) is 5.11 Å². The Labute approximate surface area is 96.0 Å². The largest absolute Gasteiger partial charge is 0.481 e. The van der Waals surface area contributed by atoms with Crippen LogP contribution in [-0.2, 0) is 9.59 Å². The first-order valence-electron chi connectivity index (χ1n) is 5.85. The summed E-state index contributed by atoms with van der Waals surface area (Å²) in [6, 6.07) is 0. The van der Waals surface area contributed by atoms with Gasteiger partial charge in [0, 0.05) is 39.1 Å². The smallest absolute Gasteiger partial charge is 0.304 e. The third-order valence-corrected chi connectivity index (χ3v) is 2.83. The molecule has 0 aromatic heterocycles. The molecule has 0 saturated carbocycles. The summed E-state index contributed by atoms with van der Waals surface area (Å²) in [7, 11) is 0. The van der Waals surface area contributed by atoms with Gasteiger partial charge in [-0.15, -0.1) is 0 Å². The molecule has 1 aliphatic rings. The SMILES string of the molecule is CCCC(=O)N1CCN(CCC(=O)O)CC1. The maximum Gasteiger partial charge on any atom is 0.304 e. The van der Waals surface area contributed by atoms with Crippen molar-refractivity contribution in [2.45, 2.75) is 26.2 Å². The maximum atomic E-state index is 11.6. The van der Waals surface area contributed by atoms with Crippen LogP contribution in [0.3, 0.4) is 0 Å². The molecule has 1 rings (SSSR count). The number of aliphatic carboxylic acids is 1. The highest BCUT2D eigenvalue weighted by Gasteiger charge is 2.20. The van der Waals surface area contributed by atoms with Gasteiger partial charge in [0.2, 0.25) is 5.91 Å². The van der Waals surface area contributed by atoms with Crippen molar-refractivity contribution in [2.24, 2.45) is 0 Å². The van der Waals surface area contributed by atoms with Crippen LogP contribution in [0.25, 0.3) is 0 Å². The molecule has 1 N–H and O–H groups in total. The van der Waals surface area contributed by atoms with Gasteiger partial charge in [0.15, 0.2) is 0 Å². The number of hydrogen-bond donors (Lipinski definition) is 1. The average Bonchev–Trinajstić information content (AvgIpc) is 2.27. The van der Waals surface area contributed by atoms with Gasteiger partial charge < -0.3 is 10.0 Å². The molecule has 5 heteroatoms. The standard InChI is InChI=1S/C11H20N2O3/c1-2-3-10(14)13-8-6-12(7-9-13)5-4-11(15)16/h2-9H2,1H3,(H,15,16). The summed E-state index contributed by atoms with van der Waals surface area (Å²) in [5.41, 5.74) is 0. The number of carbonyl (C=O) groups excluding carboxylic acids is 1. The van der Waals surface area contributed by atoms with E-state index in [0.717, 1.165) is 32.6 Å². The van der Waals surface area contributed by atoms with Crippen molar-refractivity contribution in [1.29, 1.82) is 0 Å². The summed E-state index contributed by atoms with van der Waals surface area (Å²) < 4.78 is 0. The Kier molecular flexibility index (Phi) is 5.25. The number of amides is 1. The second-order valence-corrected chi connectivity index (χ2v) is 4.12. The Morgan fingerprint density at radius 2 is 1.75 bits per heavy atom. The summed E-state index contributed by atoms with van der Waals surface area (Å²) >= 11 is 0. The van der Waals surface area contributed by atoms with Crippen molar-refractivity contribution >= 4 is 11.9 Å². The minimum atomic E-state index is -0.760. The molecule has 0 aromatic rings. The van der Waals surface area contributed by atoms with E-state index in [1.54, 1.807) is 0 Å². The van der Waals surface area contributed by atoms with Gasteiger partial charge in [-0.3, -0.25) is 14.5 Å². The predicted octanol–water partition coefficient (Wildman–Crippen LogP) is 0.405. The molecular weight excluding hydrogens is 208 g/mol. The second kappa shape index (κ2) is 6.48. The van der Waals surface area contributed by atoms with Gasteiger partial charge in [-0.2, -0.15) is 0 Å². The highest BCUT2D eigenvalue weighted by Crippen LogP contribution is 2.05. The molecule has 16 heavy (non-hydrogen) atoms. The van der Waals surface area contributed by atoms with Crippen molar-refractivity contribution in [3.8, 4) is 0 Å². The average molecular weight is 228 g/mol. The Morgan fingerprint density at radius 1 is 1.12 bits per heavy atom. The van der Waals surface area contributed by atoms with Crippen LogP contribution in [0.5, 0.6) is 0 Å². The quantitative estimate of drug-likeness (QED) is 0.740. The van der Waals surface area contributed by atoms with Crippen molar-refractivity contribution in [3.63, 3.8) is 0 Å². The minimum absolute atomic E-state index is 0.183. The van der Waals surface area contributed by atoms with Gasteiger partial charge in [-0.25, -0.2) is 0 Å². The highest BCUT2D eigenvalue weighted by molar-refractivity contribution is 5.76. The van der Waals surface area contributed by atoms with Crippen LogP contribution in [0, 0.1) is 0 Å². The van der Waals surface area contributed by atoms with E-state index in [1.165, 1.54) is 0 Å². The fourth-order valence-corrected chi connectivity index (χ4v) is 1.85. The molecule has 0 unspecified atom stereocenters. The van der Waals surface area contributed by atoms with Gasteiger partial charge in [0.05, 0.1) is 6.42 Å². The normalized spacial score (nSPS) is 17.4. The summed E-state index contributed by atoms with van der Waals surface area (Å²) in [5, 5.41) is 8.56. The van der Waals surface area contributed by atoms with Crippen LogP contribution >= 0.6 is 0 Å². The van der Waals surface area contributed by atoms with Crippen molar-refractivity contribution < 1.29 is 14.7 Å². The van der Waals surface area contributed by atoms with Crippen LogP contribution in [0.4, 0.5) is 0 Å². The summed E-state index contributed by atoms with van der Waals surface area (Å²) in [4.78, 5) is 26.0. The lowest BCUT2D eigenvalue weighted by Crippen LogP contribution is -2.49. The first-order chi connectivity index (χ1) is 7.63. The fraction of sp³-hybridized carbons (Fsp3) is 0.818. The molecule has 1 heterocycles. The molecule has 1 saturated heterocycles. The molecule has 1 aliphatic heterocycles. The number of hydrogen-bond acceptors (Lipinski definition) is 3. The lowest BCUT2D eigenvalue weighted by molar-refractivity contribution is -0.138. The topological polar surface area (TPSA) is 60.9 Å². The van der Waals surface area contributed by atoms with E-state index in [-0.39, 0.29) is 12.3 Å². The zero-order valence-electron chi connectivity index (χ0n) is 9.81. The molecule has 1 amide bonds. The molecule has 1 fully saturated rings. The molecule has 0 radical (unpaired) electrons. The van der Waals surface area contributed by atoms with E-state index in [9.17, 15) is 9.59 Å². The lowest BCUT2D eigenvalue weighted by atomic mass is 10.2. The van der Waals surface area contributed by atoms with Crippen LogP contribution in [0.15, 0.2) is 0 Å². The number of rotatable bonds is 5. The first kappa shape index (κ1) is 13.0. The van der Waals surface area contributed by atoms with E-state index >= 15 is 0 Å². The van der Waals surface area contributed by atoms with E-state index < -0.39 is 5.97 Å². The van der Waals surface area contributed by atoms with Crippen LogP contribution < -0.4 is 0 Å². The Balaban J connectivity index is 2.23. The third-order valence-electron chi connectivity index (χ3n) is 2.83. The molecule has 5 nitrogen and oxygen atoms in total. The number of carboxylic acid groups (broad SMARTS) is 1. The third kappa shape index (κ3) is 4.18. The van der Waals surface area contributed by atoms with Crippen LogP contribution in [0.2, 0.25) is 0 Å². The van der Waals surface area contributed by atoms with Crippen molar-refractivity contribution in [3.05, 3.63) is 0 Å². The molecular formula is C11H20N2O3. The highest BCUT2D eigenvalue weighted by atomic mass is 16.4. The van der Waals surface area contributed by atoms with E-state index in [0.29, 0.717) is 13.0 Å². The molecule has 0 spiro atoms. The molecule has 92 valence electrons. The monoisotopic (exact) mass is 228 g/mol. The Hall–Kier alpha value is -1.10. The van der Waals surface area contributed by atoms with Crippen LogP contribution in [-0.4, -0.2) is 59.5 Å². The summed E-state index contributed by atoms with van der Waals surface area (Å²) in [6.45, 7) is 5.65. The Morgan fingerprint density at radius 3 is 2.25 bits per heavy atom. The maximum absolute atomic E-state index is 11.6. The lowest BCUT2D eigenvalue weighted by Gasteiger charge is -2.34. The first-order valence-corrected chi connectivity index (χ1v) is 5.85. The van der Waals surface area contributed by atoms with Crippen molar-refractivity contribution in [2.75, 3.05) is 32.7 Å². The second-order valence-electron chi connectivity index (χ2n) is 4.12. The molecule has 0 aliphatic carbocycles. The number of carbonyl (C=O) groups is 2. The van der Waals surface area contributed by atoms with Gasteiger partial charge in [-0.05, 0) is 6.42 Å². The van der Waals surface area contributed by atoms with Gasteiger partial charge in [0.1, 0.15) is 0 Å². The summed E-state index contributed by atoms with van der Waals surface area (Å²) in [6.07, 6.45) is 1.69. The zero-order valence-corrected chi connectivity index (χ0v) is 9.81. The molecule has 0 aromatic carbocycles. The number of carboxylic acids is 1. The minimum Gasteiger partial charge on any atom is -0.481 e. The van der Waals surface area contributed by atoms with Crippen molar-refractivity contribution in [1.82, 2.24) is 9.80 Å². The molecule has 0 atom stereocenters. The van der Waals surface area contributed by atoms with E-state index in [1.807, 2.05) is 11.8 Å². The number of nitrogens with zero attached hydrogens (tertiary/aromatic N) is 2. The fourth-order valence-electron chi connectivity index (χ4n) is 1.85. The predicted molar refractivity (Wildman–Crippen MR) is 60.2 cm³/mol. The van der Waals surface area contributed by atoms with Gasteiger partial charge >= 0.3 is 5.97 Å². The van der Waals surface area contributed by atoms with Gasteiger partial charge in [0.25, 0.3) is 0 Å². The van der Waals surface area contributed by atoms with E-state index in [2.05, 4.69) is 4.90 Å². The van der Waals surface area contributed by atoms with Crippen LogP contribution in [0.1, 0.15) is 26.2 Å².